The summed E-state index contributed by atoms with van der Waals surface area (Å²) in [5, 5.41) is 1.25. The fourth-order valence-corrected chi connectivity index (χ4v) is 1.75. The van der Waals surface area contributed by atoms with Crippen molar-refractivity contribution in [1.29, 1.82) is 0 Å². The van der Waals surface area contributed by atoms with Crippen LogP contribution in [-0.2, 0) is 4.74 Å². The van der Waals surface area contributed by atoms with Crippen molar-refractivity contribution in [3.8, 4) is 0 Å². The molecule has 0 atom stereocenters. The number of nitrogen functional groups attached to an aromatic ring is 1. The highest BCUT2D eigenvalue weighted by atomic mass is 32.2. The van der Waals surface area contributed by atoms with E-state index in [1.54, 1.807) is 24.0 Å². The Balaban J connectivity index is 2.02. The molecule has 0 bridgehead atoms. The van der Waals surface area contributed by atoms with Crippen LogP contribution in [0.3, 0.4) is 0 Å². The van der Waals surface area contributed by atoms with Crippen molar-refractivity contribution in [1.82, 2.24) is 9.97 Å². The third kappa shape index (κ3) is 1.67. The SMILES string of the molecule is Nc1ccnc(SC2COC2)n1. The van der Waals surface area contributed by atoms with Crippen LogP contribution < -0.4 is 5.73 Å². The average molecular weight is 183 g/mol. The van der Waals surface area contributed by atoms with Gasteiger partial charge in [0.2, 0.25) is 0 Å². The summed E-state index contributed by atoms with van der Waals surface area (Å²) in [6, 6.07) is 1.68. The van der Waals surface area contributed by atoms with Gasteiger partial charge in [-0.3, -0.25) is 0 Å². The summed E-state index contributed by atoms with van der Waals surface area (Å²) in [5.41, 5.74) is 5.50. The van der Waals surface area contributed by atoms with Crippen LogP contribution in [-0.4, -0.2) is 28.4 Å². The maximum Gasteiger partial charge on any atom is 0.189 e. The molecule has 1 aliphatic rings. The summed E-state index contributed by atoms with van der Waals surface area (Å²) in [6.45, 7) is 1.59. The van der Waals surface area contributed by atoms with Crippen molar-refractivity contribution < 1.29 is 4.74 Å². The topological polar surface area (TPSA) is 61.0 Å². The van der Waals surface area contributed by atoms with Crippen molar-refractivity contribution in [2.75, 3.05) is 18.9 Å². The molecule has 4 nitrogen and oxygen atoms in total. The summed E-state index contributed by atoms with van der Waals surface area (Å²) in [4.78, 5) is 8.15. The highest BCUT2D eigenvalue weighted by Gasteiger charge is 2.20. The van der Waals surface area contributed by atoms with Crippen LogP contribution in [0.4, 0.5) is 5.82 Å². The Morgan fingerprint density at radius 2 is 2.42 bits per heavy atom. The molecule has 12 heavy (non-hydrogen) atoms. The Kier molecular flexibility index (Phi) is 2.14. The van der Waals surface area contributed by atoms with Crippen molar-refractivity contribution >= 4 is 17.6 Å². The van der Waals surface area contributed by atoms with Gasteiger partial charge in [0.15, 0.2) is 5.16 Å². The molecular weight excluding hydrogens is 174 g/mol. The highest BCUT2D eigenvalue weighted by Crippen LogP contribution is 2.24. The van der Waals surface area contributed by atoms with Crippen molar-refractivity contribution in [2.24, 2.45) is 0 Å². The third-order valence-electron chi connectivity index (χ3n) is 1.53. The molecule has 0 aliphatic carbocycles. The summed E-state index contributed by atoms with van der Waals surface area (Å²) < 4.78 is 5.03. The largest absolute Gasteiger partial charge is 0.384 e. The first kappa shape index (κ1) is 7.82. The van der Waals surface area contributed by atoms with Gasteiger partial charge in [0.05, 0.1) is 18.5 Å². The minimum atomic E-state index is 0.506. The smallest absolute Gasteiger partial charge is 0.189 e. The molecule has 1 aromatic rings. The normalized spacial score (nSPS) is 17.3. The highest BCUT2D eigenvalue weighted by molar-refractivity contribution is 7.99. The second kappa shape index (κ2) is 3.28. The first-order chi connectivity index (χ1) is 5.84. The number of nitrogens with zero attached hydrogens (tertiary/aromatic N) is 2. The zero-order chi connectivity index (χ0) is 8.39. The van der Waals surface area contributed by atoms with Gasteiger partial charge in [-0.25, -0.2) is 9.97 Å². The van der Waals surface area contributed by atoms with Crippen LogP contribution >= 0.6 is 11.8 Å². The lowest BCUT2D eigenvalue weighted by atomic mass is 10.4. The molecule has 1 saturated heterocycles. The van der Waals surface area contributed by atoms with Crippen molar-refractivity contribution in [3.63, 3.8) is 0 Å². The maximum atomic E-state index is 5.50. The lowest BCUT2D eigenvalue weighted by Gasteiger charge is -2.24. The fourth-order valence-electron chi connectivity index (χ4n) is 0.842. The number of rotatable bonds is 2. The number of hydrogen-bond acceptors (Lipinski definition) is 5. The monoisotopic (exact) mass is 183 g/mol. The van der Waals surface area contributed by atoms with Crippen molar-refractivity contribution in [2.45, 2.75) is 10.4 Å². The molecule has 2 N–H and O–H groups in total. The maximum absolute atomic E-state index is 5.50. The minimum absolute atomic E-state index is 0.506. The molecule has 1 aliphatic heterocycles. The zero-order valence-corrected chi connectivity index (χ0v) is 7.25. The van der Waals surface area contributed by atoms with E-state index in [0.29, 0.717) is 11.1 Å². The minimum Gasteiger partial charge on any atom is -0.384 e. The van der Waals surface area contributed by atoms with Gasteiger partial charge in [-0.1, -0.05) is 11.8 Å². The van der Waals surface area contributed by atoms with Gasteiger partial charge >= 0.3 is 0 Å². The molecule has 0 aromatic carbocycles. The van der Waals surface area contributed by atoms with E-state index in [2.05, 4.69) is 9.97 Å². The molecule has 1 fully saturated rings. The summed E-state index contributed by atoms with van der Waals surface area (Å²) in [7, 11) is 0. The van der Waals surface area contributed by atoms with E-state index >= 15 is 0 Å². The van der Waals surface area contributed by atoms with E-state index in [9.17, 15) is 0 Å². The Hall–Kier alpha value is -0.810. The first-order valence-electron chi connectivity index (χ1n) is 3.67. The van der Waals surface area contributed by atoms with Gasteiger partial charge in [0.25, 0.3) is 0 Å². The lowest BCUT2D eigenvalue weighted by molar-refractivity contribution is 0.0454. The Bertz CT molecular complexity index is 277. The Morgan fingerprint density at radius 3 is 3.00 bits per heavy atom. The second-order valence-corrected chi connectivity index (χ2v) is 3.81. The van der Waals surface area contributed by atoms with Gasteiger partial charge in [-0.15, -0.1) is 0 Å². The summed E-state index contributed by atoms with van der Waals surface area (Å²) >= 11 is 1.62. The van der Waals surface area contributed by atoms with Gasteiger partial charge in [0, 0.05) is 6.20 Å². The van der Waals surface area contributed by atoms with Gasteiger partial charge in [-0.05, 0) is 6.07 Å². The summed E-state index contributed by atoms with van der Waals surface area (Å²) in [6.07, 6.45) is 1.67. The number of aromatic nitrogens is 2. The van der Waals surface area contributed by atoms with E-state index in [1.807, 2.05) is 0 Å². The van der Waals surface area contributed by atoms with Crippen LogP contribution in [0.5, 0.6) is 0 Å². The molecule has 2 rings (SSSR count). The van der Waals surface area contributed by atoms with Crippen LogP contribution in [0.25, 0.3) is 0 Å². The van der Waals surface area contributed by atoms with E-state index in [-0.39, 0.29) is 0 Å². The molecule has 2 heterocycles. The number of nitrogens with two attached hydrogens (primary N) is 1. The molecular formula is C7H9N3OS. The van der Waals surface area contributed by atoms with Gasteiger partial charge < -0.3 is 10.5 Å². The molecule has 0 unspecified atom stereocenters. The van der Waals surface area contributed by atoms with E-state index in [4.69, 9.17) is 10.5 Å². The molecule has 5 heteroatoms. The van der Waals surface area contributed by atoms with Crippen LogP contribution in [0, 0.1) is 0 Å². The standard InChI is InChI=1S/C7H9N3OS/c8-6-1-2-9-7(10-6)12-5-3-11-4-5/h1-2,5H,3-4H2,(H2,8,9,10). The number of thioether (sulfide) groups is 1. The predicted molar refractivity (Wildman–Crippen MR) is 46.9 cm³/mol. The molecule has 64 valence electrons. The molecule has 0 spiro atoms. The Morgan fingerprint density at radius 1 is 1.58 bits per heavy atom. The van der Waals surface area contributed by atoms with E-state index < -0.39 is 0 Å². The average Bonchev–Trinajstić information content (AvgIpc) is 1.97. The second-order valence-electron chi connectivity index (χ2n) is 2.54. The van der Waals surface area contributed by atoms with E-state index in [1.165, 1.54) is 0 Å². The zero-order valence-electron chi connectivity index (χ0n) is 6.43. The molecule has 0 saturated carbocycles. The van der Waals surface area contributed by atoms with Crippen LogP contribution in [0.15, 0.2) is 17.4 Å². The van der Waals surface area contributed by atoms with Crippen LogP contribution in [0.1, 0.15) is 0 Å². The molecule has 0 amide bonds. The number of hydrogen-bond donors (Lipinski definition) is 1. The number of anilines is 1. The van der Waals surface area contributed by atoms with Crippen LogP contribution in [0.2, 0.25) is 0 Å². The fraction of sp³-hybridized carbons (Fsp3) is 0.429. The van der Waals surface area contributed by atoms with E-state index in [0.717, 1.165) is 18.4 Å². The Labute approximate surface area is 74.5 Å². The first-order valence-corrected chi connectivity index (χ1v) is 4.55. The molecule has 1 aromatic heterocycles. The number of ether oxygens (including phenoxy) is 1. The van der Waals surface area contributed by atoms with Crippen molar-refractivity contribution in [3.05, 3.63) is 12.3 Å². The third-order valence-corrected chi connectivity index (χ3v) is 2.55. The molecule has 0 radical (unpaired) electrons. The summed E-state index contributed by atoms with van der Waals surface area (Å²) in [5.74, 6) is 0.521. The van der Waals surface area contributed by atoms with Gasteiger partial charge in [-0.2, -0.15) is 0 Å². The predicted octanol–water partition coefficient (Wildman–Crippen LogP) is 0.550. The lowest BCUT2D eigenvalue weighted by Crippen LogP contribution is -2.30. The quantitative estimate of drug-likeness (QED) is 0.678. The van der Waals surface area contributed by atoms with Gasteiger partial charge in [0.1, 0.15) is 5.82 Å².